The third kappa shape index (κ3) is 2.08. The predicted octanol–water partition coefficient (Wildman–Crippen LogP) is 3.75. The lowest BCUT2D eigenvalue weighted by molar-refractivity contribution is 0.570. The van der Waals surface area contributed by atoms with E-state index in [1.54, 1.807) is 5.56 Å². The van der Waals surface area contributed by atoms with Gasteiger partial charge in [-0.25, -0.2) is 0 Å². The lowest BCUT2D eigenvalue weighted by Gasteiger charge is -2.10. The molecule has 1 aromatic rings. The highest BCUT2D eigenvalue weighted by molar-refractivity contribution is 8.00. The molecule has 1 atom stereocenters. The van der Waals surface area contributed by atoms with Gasteiger partial charge in [0.25, 0.3) is 0 Å². The summed E-state index contributed by atoms with van der Waals surface area (Å²) in [6.07, 6.45) is 2.62. The molecule has 0 radical (unpaired) electrons. The van der Waals surface area contributed by atoms with Crippen molar-refractivity contribution < 1.29 is 0 Å². The van der Waals surface area contributed by atoms with Crippen LogP contribution in [-0.2, 0) is 6.42 Å². The lowest BCUT2D eigenvalue weighted by atomic mass is 10.0. The van der Waals surface area contributed by atoms with E-state index >= 15 is 0 Å². The van der Waals surface area contributed by atoms with Gasteiger partial charge in [0.1, 0.15) is 0 Å². The fraction of sp³-hybridized carbons (Fsp3) is 0.500. The van der Waals surface area contributed by atoms with Gasteiger partial charge >= 0.3 is 0 Å². The predicted molar refractivity (Wildman–Crippen MR) is 59.2 cm³/mol. The van der Waals surface area contributed by atoms with Crippen LogP contribution in [0.15, 0.2) is 29.2 Å². The van der Waals surface area contributed by atoms with Crippen molar-refractivity contribution in [3.05, 3.63) is 29.8 Å². The SMILES string of the molecule is CC(C)C[C@@H]1Cc2ccccc2S1. The van der Waals surface area contributed by atoms with Crippen molar-refractivity contribution in [2.24, 2.45) is 5.92 Å². The largest absolute Gasteiger partial charge is 0.122 e. The van der Waals surface area contributed by atoms with Crippen molar-refractivity contribution in [3.8, 4) is 0 Å². The molecular formula is C12H16S. The molecule has 1 aliphatic rings. The van der Waals surface area contributed by atoms with Gasteiger partial charge in [-0.2, -0.15) is 0 Å². The number of hydrogen-bond acceptors (Lipinski definition) is 1. The van der Waals surface area contributed by atoms with Crippen LogP contribution >= 0.6 is 11.8 Å². The van der Waals surface area contributed by atoms with Crippen molar-refractivity contribution in [3.63, 3.8) is 0 Å². The molecule has 0 amide bonds. The maximum Gasteiger partial charge on any atom is 0.0138 e. The Morgan fingerprint density at radius 2 is 2.15 bits per heavy atom. The van der Waals surface area contributed by atoms with Gasteiger partial charge in [0.05, 0.1) is 0 Å². The lowest BCUT2D eigenvalue weighted by Crippen LogP contribution is -2.04. The quantitative estimate of drug-likeness (QED) is 0.687. The third-order valence-electron chi connectivity index (χ3n) is 2.45. The van der Waals surface area contributed by atoms with Crippen molar-refractivity contribution in [2.75, 3.05) is 0 Å². The molecule has 0 spiro atoms. The Hall–Kier alpha value is -0.430. The molecule has 0 unspecified atom stereocenters. The standard InChI is InChI=1S/C12H16S/c1-9(2)7-11-8-10-5-3-4-6-12(10)13-11/h3-6,9,11H,7-8H2,1-2H3/t11-/m1/s1. The summed E-state index contributed by atoms with van der Waals surface area (Å²) in [4.78, 5) is 1.51. The Morgan fingerprint density at radius 3 is 2.85 bits per heavy atom. The first kappa shape index (κ1) is 9.14. The Balaban J connectivity index is 2.05. The van der Waals surface area contributed by atoms with Crippen molar-refractivity contribution in [1.29, 1.82) is 0 Å². The molecule has 0 N–H and O–H groups in total. The highest BCUT2D eigenvalue weighted by Gasteiger charge is 2.21. The van der Waals surface area contributed by atoms with E-state index in [0.717, 1.165) is 11.2 Å². The zero-order valence-corrected chi connectivity index (χ0v) is 9.10. The topological polar surface area (TPSA) is 0 Å². The van der Waals surface area contributed by atoms with Crippen LogP contribution in [0.2, 0.25) is 0 Å². The first-order chi connectivity index (χ1) is 6.25. The minimum Gasteiger partial charge on any atom is -0.122 e. The molecule has 0 saturated carbocycles. The molecule has 0 fully saturated rings. The molecule has 13 heavy (non-hydrogen) atoms. The second-order valence-electron chi connectivity index (χ2n) is 4.18. The molecule has 0 aliphatic carbocycles. The maximum absolute atomic E-state index is 2.31. The van der Waals surface area contributed by atoms with E-state index < -0.39 is 0 Å². The summed E-state index contributed by atoms with van der Waals surface area (Å²) in [6, 6.07) is 8.81. The molecule has 70 valence electrons. The van der Waals surface area contributed by atoms with Crippen LogP contribution in [0.4, 0.5) is 0 Å². The molecule has 1 heteroatoms. The highest BCUT2D eigenvalue weighted by Crippen LogP contribution is 2.39. The number of hydrogen-bond donors (Lipinski definition) is 0. The number of rotatable bonds is 2. The van der Waals surface area contributed by atoms with Crippen molar-refractivity contribution >= 4 is 11.8 Å². The van der Waals surface area contributed by atoms with Crippen LogP contribution in [0.5, 0.6) is 0 Å². The second kappa shape index (κ2) is 3.75. The number of benzene rings is 1. The van der Waals surface area contributed by atoms with Crippen LogP contribution in [0.1, 0.15) is 25.8 Å². The monoisotopic (exact) mass is 192 g/mol. The molecule has 1 aromatic carbocycles. The third-order valence-corrected chi connectivity index (χ3v) is 3.79. The maximum atomic E-state index is 2.31. The Bertz CT molecular complexity index is 266. The van der Waals surface area contributed by atoms with E-state index in [4.69, 9.17) is 0 Å². The summed E-state index contributed by atoms with van der Waals surface area (Å²) >= 11 is 2.06. The molecule has 1 heterocycles. The highest BCUT2D eigenvalue weighted by atomic mass is 32.2. The molecule has 0 bridgehead atoms. The molecule has 1 aliphatic heterocycles. The summed E-state index contributed by atoms with van der Waals surface area (Å²) < 4.78 is 0. The molecule has 0 aromatic heterocycles. The first-order valence-corrected chi connectivity index (χ1v) is 5.88. The van der Waals surface area contributed by atoms with Gasteiger partial charge in [0.2, 0.25) is 0 Å². The van der Waals surface area contributed by atoms with Gasteiger partial charge < -0.3 is 0 Å². The number of thioether (sulfide) groups is 1. The minimum absolute atomic E-state index is 0.826. The fourth-order valence-electron chi connectivity index (χ4n) is 1.91. The Labute approximate surface area is 84.7 Å². The van der Waals surface area contributed by atoms with E-state index in [2.05, 4.69) is 49.9 Å². The van der Waals surface area contributed by atoms with Crippen LogP contribution in [0, 0.1) is 5.92 Å². The molecular weight excluding hydrogens is 176 g/mol. The van der Waals surface area contributed by atoms with Crippen LogP contribution < -0.4 is 0 Å². The summed E-state index contributed by atoms with van der Waals surface area (Å²) in [5, 5.41) is 0.831. The smallest absolute Gasteiger partial charge is 0.0138 e. The average Bonchev–Trinajstić information content (AvgIpc) is 2.44. The summed E-state index contributed by atoms with van der Waals surface area (Å²) in [6.45, 7) is 4.62. The van der Waals surface area contributed by atoms with E-state index in [9.17, 15) is 0 Å². The fourth-order valence-corrected chi connectivity index (χ4v) is 3.47. The van der Waals surface area contributed by atoms with Crippen LogP contribution in [-0.4, -0.2) is 5.25 Å². The molecule has 0 saturated heterocycles. The summed E-state index contributed by atoms with van der Waals surface area (Å²) in [5.41, 5.74) is 1.55. The van der Waals surface area contributed by atoms with Crippen molar-refractivity contribution in [1.82, 2.24) is 0 Å². The number of fused-ring (bicyclic) bond motifs is 1. The van der Waals surface area contributed by atoms with Gasteiger partial charge in [-0.3, -0.25) is 0 Å². The normalized spacial score (nSPS) is 20.7. The van der Waals surface area contributed by atoms with Gasteiger partial charge in [0.15, 0.2) is 0 Å². The van der Waals surface area contributed by atoms with E-state index in [1.807, 2.05) is 0 Å². The van der Waals surface area contributed by atoms with Crippen molar-refractivity contribution in [2.45, 2.75) is 36.8 Å². The average molecular weight is 192 g/mol. The Morgan fingerprint density at radius 1 is 1.38 bits per heavy atom. The minimum atomic E-state index is 0.826. The summed E-state index contributed by atoms with van der Waals surface area (Å²) in [7, 11) is 0. The van der Waals surface area contributed by atoms with Crippen LogP contribution in [0.25, 0.3) is 0 Å². The van der Waals surface area contributed by atoms with E-state index in [1.165, 1.54) is 17.7 Å². The van der Waals surface area contributed by atoms with Gasteiger partial charge in [-0.1, -0.05) is 32.0 Å². The van der Waals surface area contributed by atoms with Gasteiger partial charge in [-0.05, 0) is 30.4 Å². The zero-order valence-electron chi connectivity index (χ0n) is 8.29. The van der Waals surface area contributed by atoms with Gasteiger partial charge in [0, 0.05) is 10.1 Å². The Kier molecular flexibility index (Phi) is 2.63. The first-order valence-electron chi connectivity index (χ1n) is 5.00. The van der Waals surface area contributed by atoms with Crippen LogP contribution in [0.3, 0.4) is 0 Å². The van der Waals surface area contributed by atoms with Gasteiger partial charge in [-0.15, -0.1) is 11.8 Å². The van der Waals surface area contributed by atoms with E-state index in [-0.39, 0.29) is 0 Å². The van der Waals surface area contributed by atoms with E-state index in [0.29, 0.717) is 0 Å². The molecule has 0 nitrogen and oxygen atoms in total. The molecule has 2 rings (SSSR count). The zero-order chi connectivity index (χ0) is 9.26. The second-order valence-corrected chi connectivity index (χ2v) is 5.52. The summed E-state index contributed by atoms with van der Waals surface area (Å²) in [5.74, 6) is 0.826.